The molecule has 1 rings (SSSR count). The summed E-state index contributed by atoms with van der Waals surface area (Å²) in [4.78, 5) is 32.8. The zero-order valence-electron chi connectivity index (χ0n) is 10.5. The van der Waals surface area contributed by atoms with Gasteiger partial charge < -0.3 is 10.4 Å². The summed E-state index contributed by atoms with van der Waals surface area (Å²) in [6.07, 6.45) is 0.223. The largest absolute Gasteiger partial charge is 0.480 e. The molecule has 0 fully saturated rings. The predicted octanol–water partition coefficient (Wildman–Crippen LogP) is 1.58. The molecular weight excluding hydrogens is 252 g/mol. The first-order valence-corrected chi connectivity index (χ1v) is 5.60. The first-order valence-electron chi connectivity index (χ1n) is 5.60. The lowest BCUT2D eigenvalue weighted by atomic mass is 9.98. The fourth-order valence-corrected chi connectivity index (χ4v) is 1.35. The van der Waals surface area contributed by atoms with Crippen molar-refractivity contribution in [2.75, 3.05) is 0 Å². The lowest BCUT2D eigenvalue weighted by molar-refractivity contribution is -0.384. The lowest BCUT2D eigenvalue weighted by Gasteiger charge is -2.24. The minimum Gasteiger partial charge on any atom is -0.480 e. The van der Waals surface area contributed by atoms with E-state index in [9.17, 15) is 19.7 Å². The van der Waals surface area contributed by atoms with Gasteiger partial charge in [0.2, 0.25) is 0 Å². The molecule has 102 valence electrons. The molecule has 2 N–H and O–H groups in total. The van der Waals surface area contributed by atoms with Gasteiger partial charge >= 0.3 is 5.97 Å². The Bertz CT molecular complexity index is 511. The van der Waals surface area contributed by atoms with Gasteiger partial charge in [-0.1, -0.05) is 6.92 Å². The number of hydrogen-bond acceptors (Lipinski definition) is 4. The van der Waals surface area contributed by atoms with E-state index in [4.69, 9.17) is 5.11 Å². The minimum absolute atomic E-state index is 0.131. The third-order valence-corrected chi connectivity index (χ3v) is 2.91. The van der Waals surface area contributed by atoms with Crippen molar-refractivity contribution in [2.45, 2.75) is 25.8 Å². The lowest BCUT2D eigenvalue weighted by Crippen LogP contribution is -2.51. The summed E-state index contributed by atoms with van der Waals surface area (Å²) >= 11 is 0. The molecular formula is C12H14N2O5. The Labute approximate surface area is 109 Å². The van der Waals surface area contributed by atoms with E-state index >= 15 is 0 Å². The number of nitrogens with zero attached hydrogens (tertiary/aromatic N) is 1. The van der Waals surface area contributed by atoms with Crippen molar-refractivity contribution in [3.63, 3.8) is 0 Å². The predicted molar refractivity (Wildman–Crippen MR) is 66.9 cm³/mol. The minimum atomic E-state index is -1.36. The number of nitrogens with one attached hydrogen (secondary N) is 1. The summed E-state index contributed by atoms with van der Waals surface area (Å²) in [5.74, 6) is -1.72. The molecule has 0 saturated heterocycles. The van der Waals surface area contributed by atoms with Gasteiger partial charge in [-0.2, -0.15) is 0 Å². The number of hydrogen-bond donors (Lipinski definition) is 2. The number of carboxylic acid groups (broad SMARTS) is 1. The van der Waals surface area contributed by atoms with Gasteiger partial charge in [0.15, 0.2) is 0 Å². The first-order chi connectivity index (χ1) is 8.80. The topological polar surface area (TPSA) is 110 Å². The monoisotopic (exact) mass is 266 g/mol. The van der Waals surface area contributed by atoms with E-state index in [1.54, 1.807) is 6.92 Å². The summed E-state index contributed by atoms with van der Waals surface area (Å²) in [5.41, 5.74) is -1.32. The first kappa shape index (κ1) is 14.6. The van der Waals surface area contributed by atoms with Crippen molar-refractivity contribution in [2.24, 2.45) is 0 Å². The summed E-state index contributed by atoms with van der Waals surface area (Å²) in [6.45, 7) is 3.04. The number of carbonyl (C=O) groups excluding carboxylic acids is 1. The molecule has 1 unspecified atom stereocenters. The van der Waals surface area contributed by atoms with Crippen LogP contribution in [0.15, 0.2) is 24.3 Å². The van der Waals surface area contributed by atoms with Gasteiger partial charge in [-0.05, 0) is 25.5 Å². The fraction of sp³-hybridized carbons (Fsp3) is 0.333. The van der Waals surface area contributed by atoms with Gasteiger partial charge in [0.1, 0.15) is 5.54 Å². The van der Waals surface area contributed by atoms with Crippen LogP contribution in [0, 0.1) is 10.1 Å². The number of nitro benzene ring substituents is 1. The number of rotatable bonds is 5. The molecule has 0 bridgehead atoms. The summed E-state index contributed by atoms with van der Waals surface area (Å²) in [6, 6.07) is 4.95. The quantitative estimate of drug-likeness (QED) is 0.621. The number of carboxylic acids is 1. The van der Waals surface area contributed by atoms with Crippen LogP contribution in [0.2, 0.25) is 0 Å². The van der Waals surface area contributed by atoms with Gasteiger partial charge in [0.05, 0.1) is 4.92 Å². The number of benzene rings is 1. The molecule has 1 atom stereocenters. The van der Waals surface area contributed by atoms with Crippen LogP contribution in [0.25, 0.3) is 0 Å². The highest BCUT2D eigenvalue weighted by atomic mass is 16.6. The average molecular weight is 266 g/mol. The van der Waals surface area contributed by atoms with Crippen LogP contribution in [0.4, 0.5) is 5.69 Å². The molecule has 7 heteroatoms. The maximum absolute atomic E-state index is 11.9. The fourth-order valence-electron chi connectivity index (χ4n) is 1.35. The van der Waals surface area contributed by atoms with Gasteiger partial charge in [0, 0.05) is 17.7 Å². The second-order valence-electron chi connectivity index (χ2n) is 4.25. The van der Waals surface area contributed by atoms with E-state index in [0.29, 0.717) is 0 Å². The second kappa shape index (κ2) is 5.47. The number of amides is 1. The molecule has 0 spiro atoms. The Morgan fingerprint density at radius 2 is 1.89 bits per heavy atom. The van der Waals surface area contributed by atoms with Crippen LogP contribution in [-0.4, -0.2) is 27.4 Å². The third kappa shape index (κ3) is 3.27. The highest BCUT2D eigenvalue weighted by molar-refractivity contribution is 5.97. The zero-order chi connectivity index (χ0) is 14.6. The van der Waals surface area contributed by atoms with Crippen LogP contribution in [0.3, 0.4) is 0 Å². The summed E-state index contributed by atoms with van der Waals surface area (Å²) < 4.78 is 0. The van der Waals surface area contributed by atoms with Crippen LogP contribution in [0.5, 0.6) is 0 Å². The van der Waals surface area contributed by atoms with Gasteiger partial charge in [-0.25, -0.2) is 4.79 Å². The third-order valence-electron chi connectivity index (χ3n) is 2.91. The van der Waals surface area contributed by atoms with E-state index in [1.807, 2.05) is 0 Å². The molecule has 1 amide bonds. The van der Waals surface area contributed by atoms with E-state index in [0.717, 1.165) is 0 Å². The number of carbonyl (C=O) groups is 2. The molecule has 0 heterocycles. The molecule has 1 aromatic carbocycles. The smallest absolute Gasteiger partial charge is 0.329 e. The van der Waals surface area contributed by atoms with Crippen molar-refractivity contribution >= 4 is 17.6 Å². The van der Waals surface area contributed by atoms with Gasteiger partial charge in [-0.3, -0.25) is 14.9 Å². The molecule has 0 aliphatic heterocycles. The Kier molecular flexibility index (Phi) is 4.21. The normalized spacial score (nSPS) is 13.4. The van der Waals surface area contributed by atoms with Crippen molar-refractivity contribution < 1.29 is 19.6 Å². The molecule has 0 aliphatic carbocycles. The van der Waals surface area contributed by atoms with E-state index in [2.05, 4.69) is 5.32 Å². The van der Waals surface area contributed by atoms with E-state index in [-0.39, 0.29) is 17.7 Å². The van der Waals surface area contributed by atoms with Gasteiger partial charge in [0.25, 0.3) is 11.6 Å². The average Bonchev–Trinajstić information content (AvgIpc) is 2.38. The molecule has 0 aliphatic rings. The van der Waals surface area contributed by atoms with Gasteiger partial charge in [-0.15, -0.1) is 0 Å². The Morgan fingerprint density at radius 1 is 1.37 bits per heavy atom. The highest BCUT2D eigenvalue weighted by Crippen LogP contribution is 2.14. The highest BCUT2D eigenvalue weighted by Gasteiger charge is 2.33. The summed E-state index contributed by atoms with van der Waals surface area (Å²) in [5, 5.41) is 21.9. The van der Waals surface area contributed by atoms with Crippen molar-refractivity contribution in [1.29, 1.82) is 0 Å². The van der Waals surface area contributed by atoms with Crippen LogP contribution in [-0.2, 0) is 4.79 Å². The number of aliphatic carboxylic acids is 1. The standard InChI is InChI=1S/C12H14N2O5/c1-3-12(2,11(16)17)13-10(15)8-4-6-9(7-5-8)14(18)19/h4-7H,3H2,1-2H3,(H,13,15)(H,16,17). The maximum Gasteiger partial charge on any atom is 0.329 e. The van der Waals surface area contributed by atoms with Crippen LogP contribution < -0.4 is 5.32 Å². The maximum atomic E-state index is 11.9. The molecule has 7 nitrogen and oxygen atoms in total. The van der Waals surface area contributed by atoms with Crippen molar-refractivity contribution in [1.82, 2.24) is 5.32 Å². The molecule has 0 saturated carbocycles. The number of nitro groups is 1. The molecule has 1 aromatic rings. The van der Waals surface area contributed by atoms with E-state index < -0.39 is 22.3 Å². The Morgan fingerprint density at radius 3 is 2.26 bits per heavy atom. The summed E-state index contributed by atoms with van der Waals surface area (Å²) in [7, 11) is 0. The Hall–Kier alpha value is -2.44. The van der Waals surface area contributed by atoms with Crippen LogP contribution >= 0.6 is 0 Å². The van der Waals surface area contributed by atoms with Crippen LogP contribution in [0.1, 0.15) is 30.6 Å². The number of non-ortho nitro benzene ring substituents is 1. The second-order valence-corrected chi connectivity index (χ2v) is 4.25. The molecule has 0 aromatic heterocycles. The molecule has 0 radical (unpaired) electrons. The SMILES string of the molecule is CCC(C)(NC(=O)c1ccc([N+](=O)[O-])cc1)C(=O)O. The zero-order valence-corrected chi connectivity index (χ0v) is 10.5. The van der Waals surface area contributed by atoms with E-state index in [1.165, 1.54) is 31.2 Å². The molecule has 19 heavy (non-hydrogen) atoms. The van der Waals surface area contributed by atoms with Crippen molar-refractivity contribution in [3.05, 3.63) is 39.9 Å². The van der Waals surface area contributed by atoms with Crippen molar-refractivity contribution in [3.8, 4) is 0 Å². The Balaban J connectivity index is 2.89.